The molecule has 7 nitrogen and oxygen atoms in total. The predicted molar refractivity (Wildman–Crippen MR) is 136 cm³/mol. The van der Waals surface area contributed by atoms with Crippen LogP contribution in [0.5, 0.6) is 5.75 Å². The number of carbonyl (C=O) groups is 1. The number of sulfonamides is 1. The molecule has 0 spiro atoms. The summed E-state index contributed by atoms with van der Waals surface area (Å²) < 4.78 is 35.0. The Hall–Kier alpha value is -2.91. The van der Waals surface area contributed by atoms with E-state index in [2.05, 4.69) is 18.8 Å². The van der Waals surface area contributed by atoms with Crippen molar-refractivity contribution in [1.82, 2.24) is 4.98 Å². The van der Waals surface area contributed by atoms with Crippen molar-refractivity contribution in [2.75, 3.05) is 10.9 Å². The fourth-order valence-electron chi connectivity index (χ4n) is 4.56. The van der Waals surface area contributed by atoms with Crippen molar-refractivity contribution in [3.05, 3.63) is 95.2 Å². The Morgan fingerprint density at radius 3 is 2.49 bits per heavy atom. The molecule has 0 amide bonds. The van der Waals surface area contributed by atoms with Crippen molar-refractivity contribution in [3.63, 3.8) is 0 Å². The van der Waals surface area contributed by atoms with Gasteiger partial charge in [-0.15, -0.1) is 0 Å². The zero-order chi connectivity index (χ0) is 25.7. The maximum atomic E-state index is 13.9. The number of aryl methyl sites for hydroxylation is 1. The first-order valence-electron chi connectivity index (χ1n) is 11.5. The number of carboxylic acid groups (broad SMARTS) is 1. The third-order valence-electron chi connectivity index (χ3n) is 6.63. The molecule has 0 saturated carbocycles. The van der Waals surface area contributed by atoms with Gasteiger partial charge in [-0.25, -0.2) is 17.7 Å². The number of aromatic carboxylic acids is 1. The van der Waals surface area contributed by atoms with E-state index in [0.717, 1.165) is 33.2 Å². The number of aromatic nitrogens is 1. The van der Waals surface area contributed by atoms with Crippen LogP contribution in [-0.2, 0) is 22.0 Å². The molecule has 1 aliphatic heterocycles. The van der Waals surface area contributed by atoms with Crippen LogP contribution in [0.2, 0.25) is 0 Å². The maximum absolute atomic E-state index is 13.9. The largest absolute Gasteiger partial charge is 1.00 e. The number of anilines is 1. The van der Waals surface area contributed by atoms with Crippen molar-refractivity contribution in [2.24, 2.45) is 0 Å². The fraction of sp³-hybridized carbons (Fsp3) is 0.214. The molecule has 0 fully saturated rings. The molecule has 0 N–H and O–H groups in total. The number of fused-ring (bicyclic) bond motifs is 2. The van der Waals surface area contributed by atoms with Crippen LogP contribution in [0.25, 0.3) is 10.8 Å². The van der Waals surface area contributed by atoms with Crippen LogP contribution >= 0.6 is 0 Å². The van der Waals surface area contributed by atoms with Crippen molar-refractivity contribution in [3.8, 4) is 5.75 Å². The molecular formula is C28H25N2NaO5S. The molecule has 0 radical (unpaired) electrons. The van der Waals surface area contributed by atoms with Crippen LogP contribution in [-0.4, -0.2) is 26.0 Å². The summed E-state index contributed by atoms with van der Waals surface area (Å²) in [4.78, 5) is 15.7. The van der Waals surface area contributed by atoms with E-state index in [9.17, 15) is 18.3 Å². The van der Waals surface area contributed by atoms with Crippen LogP contribution in [0, 0.1) is 6.92 Å². The summed E-state index contributed by atoms with van der Waals surface area (Å²) >= 11 is 0. The van der Waals surface area contributed by atoms with Crippen LogP contribution in [0.15, 0.2) is 77.8 Å². The van der Waals surface area contributed by atoms with Gasteiger partial charge in [0.25, 0.3) is 10.0 Å². The monoisotopic (exact) mass is 524 g/mol. The minimum absolute atomic E-state index is 0. The molecule has 1 aromatic heterocycles. The van der Waals surface area contributed by atoms with Crippen molar-refractivity contribution < 1.29 is 52.6 Å². The van der Waals surface area contributed by atoms with Gasteiger partial charge in [0.2, 0.25) is 0 Å². The Morgan fingerprint density at radius 1 is 1.08 bits per heavy atom. The molecule has 1 aliphatic rings. The van der Waals surface area contributed by atoms with Gasteiger partial charge in [0.1, 0.15) is 11.6 Å². The first-order valence-corrected chi connectivity index (χ1v) is 13.0. The number of rotatable bonds is 6. The Labute approximate surface area is 238 Å². The van der Waals surface area contributed by atoms with Gasteiger partial charge in [-0.05, 0) is 41.6 Å². The first kappa shape index (κ1) is 27.1. The minimum atomic E-state index is -4.11. The van der Waals surface area contributed by atoms with E-state index in [0.29, 0.717) is 12.4 Å². The molecule has 184 valence electrons. The number of benzene rings is 3. The molecule has 0 atom stereocenters. The summed E-state index contributed by atoms with van der Waals surface area (Å²) in [7, 11) is -4.11. The first-order chi connectivity index (χ1) is 17.1. The van der Waals surface area contributed by atoms with Crippen molar-refractivity contribution in [2.45, 2.75) is 37.6 Å². The molecule has 0 unspecified atom stereocenters. The summed E-state index contributed by atoms with van der Waals surface area (Å²) in [5.41, 5.74) is 2.34. The molecule has 2 heterocycles. The average molecular weight is 525 g/mol. The zero-order valence-electron chi connectivity index (χ0n) is 21.2. The number of carbonyl (C=O) groups excluding carboxylic acids is 1. The second-order valence-electron chi connectivity index (χ2n) is 9.62. The molecule has 37 heavy (non-hydrogen) atoms. The summed E-state index contributed by atoms with van der Waals surface area (Å²) in [6.07, 6.45) is 1.66. The molecule has 9 heteroatoms. The number of ether oxygens (including phenoxy) is 1. The summed E-state index contributed by atoms with van der Waals surface area (Å²) in [5, 5.41) is 13.0. The van der Waals surface area contributed by atoms with E-state index in [-0.39, 0.29) is 52.0 Å². The number of pyridine rings is 1. The quantitative estimate of drug-likeness (QED) is 0.349. The van der Waals surface area contributed by atoms with Crippen LogP contribution < -0.4 is 43.7 Å². The van der Waals surface area contributed by atoms with Gasteiger partial charge in [0, 0.05) is 28.1 Å². The van der Waals surface area contributed by atoms with Gasteiger partial charge in [-0.3, -0.25) is 0 Å². The van der Waals surface area contributed by atoms with Gasteiger partial charge in [-0.2, -0.15) is 0 Å². The molecule has 0 bridgehead atoms. The Morgan fingerprint density at radius 2 is 1.78 bits per heavy atom. The summed E-state index contributed by atoms with van der Waals surface area (Å²) in [5.74, 6) is -0.320. The maximum Gasteiger partial charge on any atom is 1.00 e. The van der Waals surface area contributed by atoms with Gasteiger partial charge >= 0.3 is 29.6 Å². The van der Waals surface area contributed by atoms with Gasteiger partial charge in [-0.1, -0.05) is 62.4 Å². The Kier molecular flexibility index (Phi) is 7.41. The fourth-order valence-corrected chi connectivity index (χ4v) is 6.03. The van der Waals surface area contributed by atoms with Gasteiger partial charge in [0.05, 0.1) is 24.0 Å². The topological polar surface area (TPSA) is 99.6 Å². The smallest absolute Gasteiger partial charge is 0.545 e. The van der Waals surface area contributed by atoms with E-state index in [4.69, 9.17) is 4.74 Å². The van der Waals surface area contributed by atoms with Crippen LogP contribution in [0.1, 0.15) is 40.9 Å². The molecule has 0 saturated heterocycles. The van der Waals surface area contributed by atoms with E-state index in [1.807, 2.05) is 49.4 Å². The molecule has 5 rings (SSSR count). The second kappa shape index (κ2) is 10.1. The third kappa shape index (κ3) is 4.99. The standard InChI is InChI=1S/C28H26N2O5S.Na/c1-18-23-7-5-4-6-21(23)15-29-26(18)30(36(33,34)22-11-9-20(10-12-22)27(31)32)16-19-8-13-24-25(14-19)35-17-28(24,2)3;/h4-15H,16-17H2,1-3H3,(H,31,32);/q;+1/p-1. The van der Waals surface area contributed by atoms with Gasteiger partial charge < -0.3 is 14.6 Å². The number of hydrogen-bond donors (Lipinski definition) is 0. The van der Waals surface area contributed by atoms with Crippen LogP contribution in [0.3, 0.4) is 0 Å². The number of nitrogens with zero attached hydrogens (tertiary/aromatic N) is 2. The number of carboxylic acids is 1. The van der Waals surface area contributed by atoms with E-state index >= 15 is 0 Å². The molecular weight excluding hydrogens is 499 g/mol. The average Bonchev–Trinajstić information content (AvgIpc) is 3.17. The summed E-state index contributed by atoms with van der Waals surface area (Å²) in [6.45, 7) is 6.64. The molecule has 3 aromatic carbocycles. The Bertz CT molecular complexity index is 1600. The van der Waals surface area contributed by atoms with Crippen molar-refractivity contribution in [1.29, 1.82) is 0 Å². The van der Waals surface area contributed by atoms with E-state index in [1.54, 1.807) is 6.20 Å². The van der Waals surface area contributed by atoms with E-state index < -0.39 is 16.0 Å². The zero-order valence-corrected chi connectivity index (χ0v) is 24.0. The SMILES string of the molecule is Cc1c(N(Cc2ccc3c(c2)OCC3(C)C)S(=O)(=O)c2ccc(C(=O)[O-])cc2)ncc2ccccc12.[Na+]. The van der Waals surface area contributed by atoms with E-state index in [1.165, 1.54) is 28.6 Å². The molecule has 4 aromatic rings. The number of hydrogen-bond acceptors (Lipinski definition) is 6. The van der Waals surface area contributed by atoms with Gasteiger partial charge in [0.15, 0.2) is 0 Å². The minimum Gasteiger partial charge on any atom is -0.545 e. The molecule has 0 aliphatic carbocycles. The van der Waals surface area contributed by atoms with Crippen LogP contribution in [0.4, 0.5) is 5.82 Å². The van der Waals surface area contributed by atoms with Crippen molar-refractivity contribution >= 4 is 32.6 Å². The summed E-state index contributed by atoms with van der Waals surface area (Å²) in [6, 6.07) is 18.4. The second-order valence-corrected chi connectivity index (χ2v) is 11.5. The third-order valence-corrected chi connectivity index (χ3v) is 8.38. The normalized spacial score (nSPS) is 13.9. The Balaban J connectivity index is 0.00000320. The predicted octanol–water partition coefficient (Wildman–Crippen LogP) is 0.976.